The van der Waals surface area contributed by atoms with Gasteiger partial charge in [0.15, 0.2) is 5.78 Å². The summed E-state index contributed by atoms with van der Waals surface area (Å²) in [6.45, 7) is 0.452. The van der Waals surface area contributed by atoms with Crippen LogP contribution in [0.25, 0.3) is 0 Å². The summed E-state index contributed by atoms with van der Waals surface area (Å²) in [4.78, 5) is 12.6. The standard InChI is InChI=1S/C19H19ClFNO4S/c1-26-15-4-2-13(3-5-15)19(23)14-8-10-22(11-9-14)27(24,25)16-6-7-18(21)17(20)12-16/h2-7,12,14H,8-11H2,1H3. The number of rotatable bonds is 5. The molecule has 0 saturated carbocycles. The fraction of sp³-hybridized carbons (Fsp3) is 0.316. The molecule has 2 aromatic rings. The van der Waals surface area contributed by atoms with Gasteiger partial charge >= 0.3 is 0 Å². The second-order valence-electron chi connectivity index (χ2n) is 6.35. The summed E-state index contributed by atoms with van der Waals surface area (Å²) < 4.78 is 45.1. The maximum Gasteiger partial charge on any atom is 0.243 e. The van der Waals surface area contributed by atoms with Crippen molar-refractivity contribution in [3.63, 3.8) is 0 Å². The number of nitrogens with zero attached hydrogens (tertiary/aromatic N) is 1. The van der Waals surface area contributed by atoms with Crippen LogP contribution in [0.3, 0.4) is 0 Å². The van der Waals surface area contributed by atoms with E-state index in [0.29, 0.717) is 24.2 Å². The van der Waals surface area contributed by atoms with Crippen molar-refractivity contribution in [2.24, 2.45) is 5.92 Å². The van der Waals surface area contributed by atoms with Gasteiger partial charge < -0.3 is 4.74 Å². The molecule has 3 rings (SSSR count). The van der Waals surface area contributed by atoms with E-state index in [-0.39, 0.29) is 34.7 Å². The number of carbonyl (C=O) groups is 1. The van der Waals surface area contributed by atoms with Gasteiger partial charge in [0.1, 0.15) is 11.6 Å². The monoisotopic (exact) mass is 411 g/mol. The molecule has 0 bridgehead atoms. The number of sulfonamides is 1. The fourth-order valence-corrected chi connectivity index (χ4v) is 4.88. The predicted molar refractivity (Wildman–Crippen MR) is 100 cm³/mol. The average molecular weight is 412 g/mol. The number of methoxy groups -OCH3 is 1. The van der Waals surface area contributed by atoms with Crippen LogP contribution < -0.4 is 4.74 Å². The Morgan fingerprint density at radius 2 is 1.78 bits per heavy atom. The summed E-state index contributed by atoms with van der Waals surface area (Å²) in [5.41, 5.74) is 0.586. The predicted octanol–water partition coefficient (Wildman–Crippen LogP) is 3.77. The topological polar surface area (TPSA) is 63.7 Å². The molecule has 0 unspecified atom stereocenters. The highest BCUT2D eigenvalue weighted by Crippen LogP contribution is 2.28. The van der Waals surface area contributed by atoms with E-state index in [1.54, 1.807) is 31.4 Å². The second kappa shape index (κ2) is 7.96. The van der Waals surface area contributed by atoms with Crippen LogP contribution in [0.5, 0.6) is 5.75 Å². The van der Waals surface area contributed by atoms with Crippen molar-refractivity contribution >= 4 is 27.4 Å². The van der Waals surface area contributed by atoms with E-state index in [1.807, 2.05) is 0 Å². The smallest absolute Gasteiger partial charge is 0.243 e. The molecule has 27 heavy (non-hydrogen) atoms. The summed E-state index contributed by atoms with van der Waals surface area (Å²) in [6, 6.07) is 10.2. The quantitative estimate of drug-likeness (QED) is 0.702. The number of hydrogen-bond acceptors (Lipinski definition) is 4. The van der Waals surface area contributed by atoms with Crippen LogP contribution in [0.1, 0.15) is 23.2 Å². The first-order valence-electron chi connectivity index (χ1n) is 8.46. The van der Waals surface area contributed by atoms with E-state index in [2.05, 4.69) is 0 Å². The normalized spacial score (nSPS) is 16.3. The maximum atomic E-state index is 13.3. The van der Waals surface area contributed by atoms with E-state index in [9.17, 15) is 17.6 Å². The van der Waals surface area contributed by atoms with E-state index < -0.39 is 15.8 Å². The fourth-order valence-electron chi connectivity index (χ4n) is 3.14. The minimum absolute atomic E-state index is 0.000437. The first-order valence-corrected chi connectivity index (χ1v) is 10.3. The third-order valence-electron chi connectivity index (χ3n) is 4.73. The number of halogens is 2. The molecule has 2 aromatic carbocycles. The Morgan fingerprint density at radius 1 is 1.15 bits per heavy atom. The first-order chi connectivity index (χ1) is 12.8. The highest BCUT2D eigenvalue weighted by Gasteiger charge is 2.32. The Bertz CT molecular complexity index is 939. The SMILES string of the molecule is COc1ccc(C(=O)C2CCN(S(=O)(=O)c3ccc(F)c(Cl)c3)CC2)cc1. The molecule has 1 aliphatic rings. The van der Waals surface area contributed by atoms with Crippen molar-refractivity contribution in [3.8, 4) is 5.75 Å². The number of ketones is 1. The largest absolute Gasteiger partial charge is 0.497 e. The van der Waals surface area contributed by atoms with Crippen molar-refractivity contribution in [2.45, 2.75) is 17.7 Å². The molecule has 1 saturated heterocycles. The van der Waals surface area contributed by atoms with Crippen LogP contribution >= 0.6 is 11.6 Å². The number of carbonyl (C=O) groups excluding carboxylic acids is 1. The number of ether oxygens (including phenoxy) is 1. The van der Waals surface area contributed by atoms with Crippen molar-refractivity contribution in [2.75, 3.05) is 20.2 Å². The number of piperidine rings is 1. The lowest BCUT2D eigenvalue weighted by atomic mass is 9.89. The third-order valence-corrected chi connectivity index (χ3v) is 6.91. The van der Waals surface area contributed by atoms with Crippen molar-refractivity contribution in [1.29, 1.82) is 0 Å². The Labute approximate surface area is 162 Å². The summed E-state index contributed by atoms with van der Waals surface area (Å²) >= 11 is 5.70. The van der Waals surface area contributed by atoms with E-state index >= 15 is 0 Å². The zero-order valence-electron chi connectivity index (χ0n) is 14.7. The maximum absolute atomic E-state index is 13.3. The molecular weight excluding hydrogens is 393 g/mol. The van der Waals surface area contributed by atoms with E-state index in [1.165, 1.54) is 10.4 Å². The molecule has 1 heterocycles. The third kappa shape index (κ3) is 4.15. The number of hydrogen-bond donors (Lipinski definition) is 0. The van der Waals surface area contributed by atoms with Gasteiger partial charge in [0.05, 0.1) is 17.0 Å². The second-order valence-corrected chi connectivity index (χ2v) is 8.69. The summed E-state index contributed by atoms with van der Waals surface area (Å²) in [7, 11) is -2.21. The Morgan fingerprint density at radius 3 is 2.33 bits per heavy atom. The van der Waals surface area contributed by atoms with Crippen molar-refractivity contribution in [3.05, 3.63) is 58.9 Å². The van der Waals surface area contributed by atoms with Crippen molar-refractivity contribution < 1.29 is 22.3 Å². The lowest BCUT2D eigenvalue weighted by Crippen LogP contribution is -2.40. The van der Waals surface area contributed by atoms with Crippen LogP contribution in [-0.2, 0) is 10.0 Å². The van der Waals surface area contributed by atoms with Crippen LogP contribution in [0.4, 0.5) is 4.39 Å². The molecule has 8 heteroatoms. The molecular formula is C19H19ClFNO4S. The van der Waals surface area contributed by atoms with Gasteiger partial charge in [-0.3, -0.25) is 4.79 Å². The molecule has 0 aromatic heterocycles. The highest BCUT2D eigenvalue weighted by molar-refractivity contribution is 7.89. The van der Waals surface area contributed by atoms with Gasteiger partial charge in [-0.25, -0.2) is 12.8 Å². The van der Waals surface area contributed by atoms with Gasteiger partial charge in [0.25, 0.3) is 0 Å². The van der Waals surface area contributed by atoms with Gasteiger partial charge in [0, 0.05) is 24.6 Å². The van der Waals surface area contributed by atoms with Crippen LogP contribution in [0.2, 0.25) is 5.02 Å². The van der Waals surface area contributed by atoms with Gasteiger partial charge in [-0.2, -0.15) is 4.31 Å². The zero-order valence-corrected chi connectivity index (χ0v) is 16.3. The lowest BCUT2D eigenvalue weighted by molar-refractivity contribution is 0.0875. The highest BCUT2D eigenvalue weighted by atomic mass is 35.5. The molecule has 1 fully saturated rings. The van der Waals surface area contributed by atoms with E-state index in [4.69, 9.17) is 16.3 Å². The minimum atomic E-state index is -3.77. The van der Waals surface area contributed by atoms with Crippen LogP contribution in [-0.4, -0.2) is 38.7 Å². The minimum Gasteiger partial charge on any atom is -0.497 e. The van der Waals surface area contributed by atoms with Gasteiger partial charge in [-0.15, -0.1) is 0 Å². The van der Waals surface area contributed by atoms with Gasteiger partial charge in [-0.05, 0) is 55.3 Å². The van der Waals surface area contributed by atoms with Crippen molar-refractivity contribution in [1.82, 2.24) is 4.31 Å². The van der Waals surface area contributed by atoms with Gasteiger partial charge in [-0.1, -0.05) is 11.6 Å². The summed E-state index contributed by atoms with van der Waals surface area (Å²) in [5.74, 6) is -0.231. The molecule has 0 amide bonds. The molecule has 0 spiro atoms. The Hall–Kier alpha value is -1.96. The zero-order chi connectivity index (χ0) is 19.6. The molecule has 144 valence electrons. The molecule has 0 aliphatic carbocycles. The lowest BCUT2D eigenvalue weighted by Gasteiger charge is -2.30. The Kier molecular flexibility index (Phi) is 5.83. The average Bonchev–Trinajstić information content (AvgIpc) is 2.69. The summed E-state index contributed by atoms with van der Waals surface area (Å²) in [5, 5.41) is -0.236. The van der Waals surface area contributed by atoms with Gasteiger partial charge in [0.2, 0.25) is 10.0 Å². The van der Waals surface area contributed by atoms with Crippen LogP contribution in [0.15, 0.2) is 47.4 Å². The van der Waals surface area contributed by atoms with Crippen LogP contribution in [0, 0.1) is 11.7 Å². The number of Topliss-reactive ketones (excluding diaryl/α,β-unsaturated/α-hetero) is 1. The molecule has 0 atom stereocenters. The summed E-state index contributed by atoms with van der Waals surface area (Å²) in [6.07, 6.45) is 0.859. The van der Waals surface area contributed by atoms with E-state index in [0.717, 1.165) is 12.1 Å². The number of benzene rings is 2. The first kappa shape index (κ1) is 19.8. The Balaban J connectivity index is 1.68. The molecule has 0 radical (unpaired) electrons. The molecule has 1 aliphatic heterocycles. The molecule has 0 N–H and O–H groups in total. The molecule has 5 nitrogen and oxygen atoms in total.